The maximum absolute atomic E-state index is 4.34. The Balaban J connectivity index is 1.62. The van der Waals surface area contributed by atoms with Crippen molar-refractivity contribution in [1.82, 2.24) is 5.32 Å². The lowest BCUT2D eigenvalue weighted by Crippen LogP contribution is -1.92. The van der Waals surface area contributed by atoms with Crippen molar-refractivity contribution in [2.45, 2.75) is 167 Å². The molecule has 0 unspecified atom stereocenters. The zero-order chi connectivity index (χ0) is 22.1. The molecule has 1 aliphatic heterocycles. The summed E-state index contributed by atoms with van der Waals surface area (Å²) in [5.74, 6) is 0. The minimum absolute atomic E-state index is 1.17. The second-order valence-corrected chi connectivity index (χ2v) is 10.0. The molecule has 0 aromatic carbocycles. The van der Waals surface area contributed by atoms with E-state index in [-0.39, 0.29) is 0 Å². The third-order valence-electron chi connectivity index (χ3n) is 6.90. The van der Waals surface area contributed by atoms with Gasteiger partial charge in [0.1, 0.15) is 0 Å². The summed E-state index contributed by atoms with van der Waals surface area (Å²) >= 11 is 0. The number of nitrogens with zero attached hydrogens (tertiary/aromatic N) is 1. The first-order valence-electron chi connectivity index (χ1n) is 14.5. The molecule has 1 heterocycles. The van der Waals surface area contributed by atoms with E-state index in [4.69, 9.17) is 0 Å². The molecule has 31 heavy (non-hydrogen) atoms. The molecular weight excluding hydrogens is 374 g/mol. The van der Waals surface area contributed by atoms with Crippen molar-refractivity contribution in [3.63, 3.8) is 0 Å². The van der Waals surface area contributed by atoms with Gasteiger partial charge in [-0.25, -0.2) is 0 Å². The Hall–Kier alpha value is -0.720. The molecule has 1 aliphatic rings. The van der Waals surface area contributed by atoms with Gasteiger partial charge in [0, 0.05) is 11.9 Å². The summed E-state index contributed by atoms with van der Waals surface area (Å²) in [6.45, 7) is 2.30. The van der Waals surface area contributed by atoms with Gasteiger partial charge >= 0.3 is 0 Å². The van der Waals surface area contributed by atoms with Gasteiger partial charge in [0.05, 0.1) is 0 Å². The lowest BCUT2D eigenvalue weighted by atomic mass is 10.0. The topological polar surface area (TPSA) is 14.1 Å². The standard InChI is InChI=1S/C30H56N/c1-2-3-4-5-6-7-8-9-10-11-12-13-14-15-16-17-18-19-20-21-22-23-24-25-27-30-28-26-29-31-30/h26,28-29H,2-25,27H2,1H3. The van der Waals surface area contributed by atoms with Gasteiger partial charge in [-0.2, -0.15) is 0 Å². The van der Waals surface area contributed by atoms with Gasteiger partial charge in [0.2, 0.25) is 0 Å². The van der Waals surface area contributed by atoms with Crippen LogP contribution in [0.2, 0.25) is 0 Å². The van der Waals surface area contributed by atoms with E-state index < -0.39 is 0 Å². The van der Waals surface area contributed by atoms with E-state index in [1.807, 2.05) is 6.20 Å². The van der Waals surface area contributed by atoms with Crippen LogP contribution in [0.15, 0.2) is 24.0 Å². The van der Waals surface area contributed by atoms with Crippen molar-refractivity contribution < 1.29 is 0 Å². The average Bonchev–Trinajstić information content (AvgIpc) is 3.30. The fourth-order valence-electron chi connectivity index (χ4n) is 4.75. The van der Waals surface area contributed by atoms with Crippen molar-refractivity contribution in [1.29, 1.82) is 0 Å². The van der Waals surface area contributed by atoms with E-state index in [2.05, 4.69) is 24.4 Å². The molecule has 0 bridgehead atoms. The van der Waals surface area contributed by atoms with Gasteiger partial charge in [-0.05, 0) is 25.0 Å². The highest BCUT2D eigenvalue weighted by atomic mass is 14.9. The average molecular weight is 431 g/mol. The summed E-state index contributed by atoms with van der Waals surface area (Å²) in [4.78, 5) is 0. The molecule has 0 spiro atoms. The normalized spacial score (nSPS) is 13.0. The van der Waals surface area contributed by atoms with Crippen molar-refractivity contribution >= 4 is 0 Å². The van der Waals surface area contributed by atoms with Crippen LogP contribution in [0.5, 0.6) is 0 Å². The Morgan fingerprint density at radius 1 is 0.452 bits per heavy atom. The summed E-state index contributed by atoms with van der Waals surface area (Å²) in [5.41, 5.74) is 1.28. The van der Waals surface area contributed by atoms with Crippen molar-refractivity contribution in [3.8, 4) is 0 Å². The number of hydrogen-bond acceptors (Lipinski definition) is 0. The third-order valence-corrected chi connectivity index (χ3v) is 6.90. The van der Waals surface area contributed by atoms with Crippen molar-refractivity contribution in [3.05, 3.63) is 24.0 Å². The predicted octanol–water partition coefficient (Wildman–Crippen LogP) is 10.8. The summed E-state index contributed by atoms with van der Waals surface area (Å²) in [6, 6.07) is 0. The van der Waals surface area contributed by atoms with Crippen LogP contribution in [-0.4, -0.2) is 0 Å². The van der Waals surface area contributed by atoms with E-state index in [1.165, 1.54) is 166 Å². The van der Waals surface area contributed by atoms with Crippen LogP contribution in [0.25, 0.3) is 0 Å². The summed E-state index contributed by atoms with van der Waals surface area (Å²) < 4.78 is 0. The third kappa shape index (κ3) is 20.9. The molecule has 1 radical (unpaired) electrons. The molecule has 1 heteroatoms. The number of unbranched alkanes of at least 4 members (excludes halogenated alkanes) is 23. The van der Waals surface area contributed by atoms with Gasteiger partial charge in [-0.15, -0.1) is 0 Å². The first-order chi connectivity index (χ1) is 15.4. The van der Waals surface area contributed by atoms with Gasteiger partial charge in [-0.1, -0.05) is 155 Å². The molecule has 0 aliphatic carbocycles. The molecule has 0 saturated carbocycles. The van der Waals surface area contributed by atoms with E-state index in [0.29, 0.717) is 0 Å². The maximum atomic E-state index is 4.34. The highest BCUT2D eigenvalue weighted by molar-refractivity contribution is 5.19. The van der Waals surface area contributed by atoms with Crippen molar-refractivity contribution in [2.24, 2.45) is 0 Å². The zero-order valence-corrected chi connectivity index (χ0v) is 21.4. The molecule has 0 amide bonds. The molecule has 1 rings (SSSR count). The van der Waals surface area contributed by atoms with Gasteiger partial charge in [-0.3, -0.25) is 5.32 Å². The first-order valence-corrected chi connectivity index (χ1v) is 14.5. The van der Waals surface area contributed by atoms with Crippen molar-refractivity contribution in [2.75, 3.05) is 0 Å². The van der Waals surface area contributed by atoms with E-state index in [1.54, 1.807) is 0 Å². The Morgan fingerprint density at radius 2 is 0.774 bits per heavy atom. The minimum atomic E-state index is 1.17. The smallest absolute Gasteiger partial charge is 0.0404 e. The zero-order valence-electron chi connectivity index (χ0n) is 21.4. The first kappa shape index (κ1) is 28.3. The lowest BCUT2D eigenvalue weighted by Gasteiger charge is -2.04. The summed E-state index contributed by atoms with van der Waals surface area (Å²) in [6.07, 6.45) is 42.2. The quantitative estimate of drug-likeness (QED) is 0.128. The molecule has 0 aromatic rings. The SMILES string of the molecule is CCCCCCCCCCCCCCCCCCCCCCCCCCC1=CC=C[N]1. The molecule has 0 aromatic heterocycles. The number of rotatable bonds is 25. The molecule has 0 N–H and O–H groups in total. The fraction of sp³-hybridized carbons (Fsp3) is 0.867. The molecule has 0 atom stereocenters. The van der Waals surface area contributed by atoms with E-state index in [9.17, 15) is 0 Å². The van der Waals surface area contributed by atoms with Gasteiger partial charge < -0.3 is 0 Å². The maximum Gasteiger partial charge on any atom is 0.0404 e. The minimum Gasteiger partial charge on any atom is -0.261 e. The van der Waals surface area contributed by atoms with Crippen LogP contribution in [0.4, 0.5) is 0 Å². The molecule has 0 saturated heterocycles. The Kier molecular flexibility index (Phi) is 21.9. The highest BCUT2D eigenvalue weighted by Crippen LogP contribution is 2.16. The van der Waals surface area contributed by atoms with Crippen LogP contribution in [0.3, 0.4) is 0 Å². The molecule has 0 fully saturated rings. The number of allylic oxidation sites excluding steroid dienone is 3. The van der Waals surface area contributed by atoms with E-state index >= 15 is 0 Å². The second kappa shape index (κ2) is 23.9. The molecular formula is C30H56N. The van der Waals surface area contributed by atoms with Crippen LogP contribution in [0.1, 0.15) is 167 Å². The molecule has 181 valence electrons. The Bertz CT molecular complexity index is 409. The predicted molar refractivity (Wildman–Crippen MR) is 140 cm³/mol. The summed E-state index contributed by atoms with van der Waals surface area (Å²) in [5, 5.41) is 4.34. The Labute approximate surface area is 196 Å². The Morgan fingerprint density at radius 3 is 1.06 bits per heavy atom. The molecule has 1 nitrogen and oxygen atoms in total. The number of hydrogen-bond donors (Lipinski definition) is 0. The van der Waals surface area contributed by atoms with Crippen LogP contribution >= 0.6 is 0 Å². The lowest BCUT2D eigenvalue weighted by molar-refractivity contribution is 0.517. The monoisotopic (exact) mass is 430 g/mol. The van der Waals surface area contributed by atoms with Crippen LogP contribution < -0.4 is 5.32 Å². The second-order valence-electron chi connectivity index (χ2n) is 10.0. The fourth-order valence-corrected chi connectivity index (χ4v) is 4.75. The van der Waals surface area contributed by atoms with E-state index in [0.717, 1.165) is 0 Å². The summed E-state index contributed by atoms with van der Waals surface area (Å²) in [7, 11) is 0. The van der Waals surface area contributed by atoms with Crippen LogP contribution in [0, 0.1) is 0 Å². The highest BCUT2D eigenvalue weighted by Gasteiger charge is 2.00. The van der Waals surface area contributed by atoms with Gasteiger partial charge in [0.25, 0.3) is 0 Å². The van der Waals surface area contributed by atoms with Gasteiger partial charge in [0.15, 0.2) is 0 Å². The largest absolute Gasteiger partial charge is 0.261 e. The van der Waals surface area contributed by atoms with Crippen LogP contribution in [-0.2, 0) is 0 Å².